The van der Waals surface area contributed by atoms with E-state index >= 15 is 0 Å². The molecule has 4 aromatic rings. The van der Waals surface area contributed by atoms with Gasteiger partial charge in [-0.15, -0.1) is 22.7 Å². The Balaban J connectivity index is 1.23. The average molecular weight is 535 g/mol. The van der Waals surface area contributed by atoms with Crippen molar-refractivity contribution in [3.63, 3.8) is 0 Å². The van der Waals surface area contributed by atoms with Crippen molar-refractivity contribution in [1.29, 1.82) is 0 Å². The molecule has 5 rings (SSSR count). The summed E-state index contributed by atoms with van der Waals surface area (Å²) in [4.78, 5) is 6.10. The van der Waals surface area contributed by atoms with E-state index in [0.717, 1.165) is 6.42 Å². The zero-order chi connectivity index (χ0) is 24.7. The third-order valence-electron chi connectivity index (χ3n) is 7.66. The van der Waals surface area contributed by atoms with Crippen molar-refractivity contribution in [2.75, 3.05) is 0 Å². The van der Waals surface area contributed by atoms with Crippen LogP contribution in [0.1, 0.15) is 112 Å². The van der Waals surface area contributed by atoms with Crippen LogP contribution in [0.15, 0.2) is 46.2 Å². The highest BCUT2D eigenvalue weighted by atomic mass is 32.2. The van der Waals surface area contributed by atoms with Crippen LogP contribution in [-0.2, 0) is 19.3 Å². The lowest BCUT2D eigenvalue weighted by Gasteiger charge is -2.19. The monoisotopic (exact) mass is 534 g/mol. The summed E-state index contributed by atoms with van der Waals surface area (Å²) in [5, 5.41) is 2.92. The molecule has 192 valence electrons. The lowest BCUT2D eigenvalue weighted by molar-refractivity contribution is 0.609. The topological polar surface area (TPSA) is 0 Å². The van der Waals surface area contributed by atoms with E-state index in [1.165, 1.54) is 131 Å². The van der Waals surface area contributed by atoms with Gasteiger partial charge in [-0.3, -0.25) is 0 Å². The van der Waals surface area contributed by atoms with Gasteiger partial charge in [-0.05, 0) is 90.4 Å². The van der Waals surface area contributed by atoms with Crippen LogP contribution in [0.3, 0.4) is 0 Å². The maximum absolute atomic E-state index is 2.49. The Labute approximate surface area is 230 Å². The minimum atomic E-state index is 1.08. The highest BCUT2D eigenvalue weighted by Crippen LogP contribution is 2.45. The van der Waals surface area contributed by atoms with Crippen LogP contribution in [0.2, 0.25) is 0 Å². The van der Waals surface area contributed by atoms with Crippen molar-refractivity contribution >= 4 is 54.6 Å². The summed E-state index contributed by atoms with van der Waals surface area (Å²) in [5.74, 6) is 0. The van der Waals surface area contributed by atoms with E-state index in [2.05, 4.69) is 50.2 Å². The molecular weight excluding hydrogens is 493 g/mol. The van der Waals surface area contributed by atoms with E-state index in [1.54, 1.807) is 9.75 Å². The Morgan fingerprint density at radius 2 is 0.972 bits per heavy atom. The van der Waals surface area contributed by atoms with Crippen LogP contribution in [0, 0.1) is 0 Å². The van der Waals surface area contributed by atoms with Gasteiger partial charge in [0.2, 0.25) is 0 Å². The molecule has 2 aromatic heterocycles. The highest BCUT2D eigenvalue weighted by Gasteiger charge is 2.19. The van der Waals surface area contributed by atoms with Gasteiger partial charge in [0.1, 0.15) is 0 Å². The predicted molar refractivity (Wildman–Crippen MR) is 165 cm³/mol. The van der Waals surface area contributed by atoms with Gasteiger partial charge in [-0.2, -0.15) is 0 Å². The number of aryl methyl sites for hydroxylation is 2. The van der Waals surface area contributed by atoms with Gasteiger partial charge in [0, 0.05) is 28.9 Å². The smallest absolute Gasteiger partial charge is 0.0357 e. The van der Waals surface area contributed by atoms with Crippen LogP contribution < -0.4 is 0 Å². The second-order valence-electron chi connectivity index (χ2n) is 10.7. The molecule has 0 fully saturated rings. The Morgan fingerprint density at radius 1 is 0.528 bits per heavy atom. The molecule has 1 aliphatic rings. The molecule has 0 amide bonds. The van der Waals surface area contributed by atoms with E-state index in [9.17, 15) is 0 Å². The van der Waals surface area contributed by atoms with E-state index in [-0.39, 0.29) is 0 Å². The van der Waals surface area contributed by atoms with Crippen LogP contribution in [-0.4, -0.2) is 0 Å². The molecule has 0 spiro atoms. The van der Waals surface area contributed by atoms with Gasteiger partial charge in [0.15, 0.2) is 0 Å². The summed E-state index contributed by atoms with van der Waals surface area (Å²) in [7, 11) is 0. The second-order valence-corrected chi connectivity index (χ2v) is 14.2. The first kappa shape index (κ1) is 26.3. The maximum atomic E-state index is 2.49. The van der Waals surface area contributed by atoms with E-state index in [0.29, 0.717) is 0 Å². The fourth-order valence-corrected chi connectivity index (χ4v) is 9.05. The van der Waals surface area contributed by atoms with Gasteiger partial charge >= 0.3 is 0 Å². The number of thiophene rings is 2. The van der Waals surface area contributed by atoms with Crippen LogP contribution in [0.4, 0.5) is 0 Å². The third-order valence-corrected chi connectivity index (χ3v) is 11.2. The van der Waals surface area contributed by atoms with Crippen LogP contribution in [0.25, 0.3) is 20.2 Å². The van der Waals surface area contributed by atoms with Crippen molar-refractivity contribution in [3.8, 4) is 0 Å². The Hall–Kier alpha value is -1.29. The number of benzene rings is 2. The molecule has 0 N–H and O–H groups in total. The quantitative estimate of drug-likeness (QED) is 0.128. The first-order valence-corrected chi connectivity index (χ1v) is 17.0. The van der Waals surface area contributed by atoms with Crippen molar-refractivity contribution < 1.29 is 0 Å². The number of rotatable bonds is 14. The van der Waals surface area contributed by atoms with E-state index in [1.807, 2.05) is 34.4 Å². The van der Waals surface area contributed by atoms with Crippen molar-refractivity contribution in [3.05, 3.63) is 57.3 Å². The first-order chi connectivity index (χ1) is 17.7. The summed E-state index contributed by atoms with van der Waals surface area (Å²) in [6, 6.07) is 14.9. The predicted octanol–water partition coefficient (Wildman–Crippen LogP) is 12.0. The molecule has 0 atom stereocenters. The van der Waals surface area contributed by atoms with E-state index < -0.39 is 0 Å². The Bertz CT molecular complexity index is 1100. The van der Waals surface area contributed by atoms with Gasteiger partial charge in [0.25, 0.3) is 0 Å². The maximum Gasteiger partial charge on any atom is 0.0357 e. The van der Waals surface area contributed by atoms with Crippen molar-refractivity contribution in [2.24, 2.45) is 0 Å². The zero-order valence-corrected chi connectivity index (χ0v) is 24.7. The molecule has 3 heteroatoms. The number of hydrogen-bond donors (Lipinski definition) is 0. The molecule has 36 heavy (non-hydrogen) atoms. The van der Waals surface area contributed by atoms with E-state index in [4.69, 9.17) is 0 Å². The molecule has 0 saturated carbocycles. The van der Waals surface area contributed by atoms with Crippen LogP contribution in [0.5, 0.6) is 0 Å². The molecule has 0 radical (unpaired) electrons. The van der Waals surface area contributed by atoms with Crippen molar-refractivity contribution in [1.82, 2.24) is 0 Å². The van der Waals surface area contributed by atoms with Crippen LogP contribution >= 0.6 is 34.4 Å². The minimum Gasteiger partial charge on any atom is -0.140 e. The number of unbranched alkanes of at least 4 members (excludes halogenated alkanes) is 10. The normalized spacial score (nSPS) is 12.9. The minimum absolute atomic E-state index is 1.08. The Morgan fingerprint density at radius 3 is 1.44 bits per heavy atom. The number of hydrogen-bond acceptors (Lipinski definition) is 3. The summed E-state index contributed by atoms with van der Waals surface area (Å²) >= 11 is 6.06. The lowest BCUT2D eigenvalue weighted by atomic mass is 10.0. The van der Waals surface area contributed by atoms with Crippen molar-refractivity contribution in [2.45, 2.75) is 120 Å². The van der Waals surface area contributed by atoms with Gasteiger partial charge in [-0.1, -0.05) is 89.8 Å². The summed E-state index contributed by atoms with van der Waals surface area (Å²) < 4.78 is 2.95. The van der Waals surface area contributed by atoms with Gasteiger partial charge < -0.3 is 0 Å². The fourth-order valence-electron chi connectivity index (χ4n) is 5.54. The first-order valence-electron chi connectivity index (χ1n) is 14.5. The zero-order valence-electron chi connectivity index (χ0n) is 22.3. The molecule has 0 nitrogen and oxygen atoms in total. The molecule has 3 heterocycles. The largest absolute Gasteiger partial charge is 0.140 e. The summed E-state index contributed by atoms with van der Waals surface area (Å²) in [6.45, 7) is 4.59. The molecule has 0 aliphatic carbocycles. The molecule has 0 saturated heterocycles. The SMILES string of the molecule is CCCCCCCCc1cc2cc3c(cc2s1)Sc1cc2sc(CCCCCCCC)cc2cc1C3. The summed E-state index contributed by atoms with van der Waals surface area (Å²) in [6.07, 6.45) is 20.1. The molecule has 2 aromatic carbocycles. The average Bonchev–Trinajstić information content (AvgIpc) is 3.46. The standard InChI is InChI=1S/C33H42S3/c1-3-5-7-9-11-13-15-28-20-26-18-24-17-25-19-27-21-29(16-14-12-10-8-6-4-2)35-31(27)23-33(25)36-32(24)22-30(26)34-28/h18-23H,3-17H2,1-2H3. The Kier molecular flexibility index (Phi) is 9.49. The van der Waals surface area contributed by atoms with Gasteiger partial charge in [-0.25, -0.2) is 0 Å². The molecular formula is C33H42S3. The summed E-state index contributed by atoms with van der Waals surface area (Å²) in [5.41, 5.74) is 3.04. The lowest BCUT2D eigenvalue weighted by Crippen LogP contribution is -1.99. The van der Waals surface area contributed by atoms with Gasteiger partial charge in [0.05, 0.1) is 0 Å². The number of fused-ring (bicyclic) bond motifs is 4. The molecule has 0 unspecified atom stereocenters. The second kappa shape index (κ2) is 13.0. The highest BCUT2D eigenvalue weighted by molar-refractivity contribution is 7.99. The third kappa shape index (κ3) is 6.58. The molecule has 1 aliphatic heterocycles. The fraction of sp³-hybridized carbons (Fsp3) is 0.515. The molecule has 0 bridgehead atoms.